The van der Waals surface area contributed by atoms with Crippen LogP contribution in [0.1, 0.15) is 46.6 Å². The van der Waals surface area contributed by atoms with Crippen molar-refractivity contribution >= 4 is 17.7 Å². The fourth-order valence-corrected chi connectivity index (χ4v) is 6.11. The fourth-order valence-electron chi connectivity index (χ4n) is 6.11. The van der Waals surface area contributed by atoms with Crippen LogP contribution in [0.4, 0.5) is 30.7 Å². The van der Waals surface area contributed by atoms with Gasteiger partial charge in [-0.05, 0) is 66.8 Å². The van der Waals surface area contributed by atoms with E-state index in [1.54, 1.807) is 11.8 Å². The van der Waals surface area contributed by atoms with Crippen molar-refractivity contribution in [2.45, 2.75) is 44.6 Å². The van der Waals surface area contributed by atoms with Crippen molar-refractivity contribution in [3.05, 3.63) is 70.0 Å². The molecular weight excluding hydrogens is 599 g/mol. The first kappa shape index (κ1) is 33.2. The molecule has 2 aromatic rings. The number of carbonyl (C=O) groups is 3. The maximum atomic E-state index is 14.0. The number of aryl methyl sites for hydroxylation is 1. The van der Waals surface area contributed by atoms with E-state index in [1.165, 1.54) is 30.1 Å². The van der Waals surface area contributed by atoms with Crippen molar-refractivity contribution in [2.75, 3.05) is 39.8 Å². The number of alkyl halides is 6. The van der Waals surface area contributed by atoms with Gasteiger partial charge in [0, 0.05) is 51.6 Å². The second-order valence-electron chi connectivity index (χ2n) is 11.4. The third-order valence-corrected chi connectivity index (χ3v) is 8.34. The van der Waals surface area contributed by atoms with Gasteiger partial charge in [-0.2, -0.15) is 26.3 Å². The molecule has 2 heterocycles. The lowest BCUT2D eigenvalue weighted by atomic mass is 9.78. The minimum Gasteiger partial charge on any atom is -0.387 e. The van der Waals surface area contributed by atoms with Crippen molar-refractivity contribution in [3.63, 3.8) is 0 Å². The molecule has 2 fully saturated rings. The first-order valence-corrected chi connectivity index (χ1v) is 14.0. The van der Waals surface area contributed by atoms with Gasteiger partial charge in [0.1, 0.15) is 12.4 Å². The molecule has 2 aliphatic rings. The van der Waals surface area contributed by atoms with E-state index in [1.807, 2.05) is 0 Å². The second kappa shape index (κ2) is 12.7. The number of aliphatic hydroxyl groups is 1. The lowest BCUT2D eigenvalue weighted by molar-refractivity contribution is -0.144. The highest BCUT2D eigenvalue weighted by Crippen LogP contribution is 2.39. The molecule has 1 unspecified atom stereocenters. The topological polar surface area (TPSA) is 81.2 Å². The maximum absolute atomic E-state index is 14.0. The Labute approximate surface area is 249 Å². The highest BCUT2D eigenvalue weighted by molar-refractivity contribution is 5.84. The van der Waals surface area contributed by atoms with Crippen molar-refractivity contribution in [3.8, 4) is 0 Å². The summed E-state index contributed by atoms with van der Waals surface area (Å²) >= 11 is 0. The number of amides is 3. The van der Waals surface area contributed by atoms with E-state index < -0.39 is 72.0 Å². The van der Waals surface area contributed by atoms with Crippen LogP contribution < -0.4 is 0 Å². The van der Waals surface area contributed by atoms with Gasteiger partial charge in [0.2, 0.25) is 17.7 Å². The van der Waals surface area contributed by atoms with Crippen LogP contribution in [-0.4, -0.2) is 77.4 Å². The van der Waals surface area contributed by atoms with Crippen LogP contribution in [0.25, 0.3) is 0 Å². The molecule has 0 aliphatic carbocycles. The summed E-state index contributed by atoms with van der Waals surface area (Å²) in [5.41, 5.74) is -2.23. The number of carbonyl (C=O) groups excluding carboxylic acids is 3. The summed E-state index contributed by atoms with van der Waals surface area (Å²) in [7, 11) is 1.28. The summed E-state index contributed by atoms with van der Waals surface area (Å²) in [6.45, 7) is 1.08. The van der Waals surface area contributed by atoms with E-state index in [0.29, 0.717) is 36.2 Å². The Balaban J connectivity index is 1.58. The zero-order chi connectivity index (χ0) is 32.6. The number of hydrogen-bond donors (Lipinski definition) is 1. The lowest BCUT2D eigenvalue weighted by Gasteiger charge is -2.41. The van der Waals surface area contributed by atoms with Crippen LogP contribution >= 0.6 is 0 Å². The Bertz CT molecular complexity index is 1380. The van der Waals surface area contributed by atoms with Crippen molar-refractivity contribution in [1.82, 2.24) is 14.7 Å². The zero-order valence-corrected chi connectivity index (χ0v) is 24.0. The van der Waals surface area contributed by atoms with Crippen molar-refractivity contribution in [1.29, 1.82) is 0 Å². The maximum Gasteiger partial charge on any atom is 0.416 e. The van der Waals surface area contributed by atoms with E-state index in [0.717, 1.165) is 4.90 Å². The largest absolute Gasteiger partial charge is 0.416 e. The van der Waals surface area contributed by atoms with Gasteiger partial charge >= 0.3 is 12.4 Å². The van der Waals surface area contributed by atoms with Gasteiger partial charge in [-0.25, -0.2) is 4.39 Å². The third-order valence-electron chi connectivity index (χ3n) is 8.34. The smallest absolute Gasteiger partial charge is 0.387 e. The number of hydrogen-bond acceptors (Lipinski definition) is 4. The predicted octanol–water partition coefficient (Wildman–Crippen LogP) is 4.60. The van der Waals surface area contributed by atoms with Crippen molar-refractivity contribution < 1.29 is 50.2 Å². The van der Waals surface area contributed by atoms with Gasteiger partial charge in [0.25, 0.3) is 0 Å². The predicted molar refractivity (Wildman–Crippen MR) is 143 cm³/mol. The molecule has 0 radical (unpaired) electrons. The molecule has 3 amide bonds. The molecule has 14 heteroatoms. The molecule has 0 bridgehead atoms. The molecule has 4 rings (SSSR count). The number of aliphatic hydroxyl groups excluding tert-OH is 1. The van der Waals surface area contributed by atoms with Crippen LogP contribution in [-0.2, 0) is 33.3 Å². The second-order valence-corrected chi connectivity index (χ2v) is 11.4. The molecule has 1 N–H and O–H groups in total. The number of nitrogens with zero attached hydrogens (tertiary/aromatic N) is 3. The van der Waals surface area contributed by atoms with Crippen LogP contribution in [0.15, 0.2) is 36.4 Å². The molecule has 7 nitrogen and oxygen atoms in total. The minimum atomic E-state index is -5.04. The molecule has 0 aromatic heterocycles. The van der Waals surface area contributed by atoms with Crippen LogP contribution in [0, 0.1) is 24.6 Å². The molecular formula is C30H32F7N3O4. The Kier molecular flexibility index (Phi) is 9.62. The monoisotopic (exact) mass is 631 g/mol. The first-order valence-electron chi connectivity index (χ1n) is 14.0. The van der Waals surface area contributed by atoms with Gasteiger partial charge in [0.15, 0.2) is 0 Å². The number of rotatable bonds is 6. The summed E-state index contributed by atoms with van der Waals surface area (Å²) in [5, 5.41) is 9.14. The quantitative estimate of drug-likeness (QED) is 0.473. The zero-order valence-electron chi connectivity index (χ0n) is 24.0. The standard InChI is InChI=1S/C30H32F7N3O4/c1-17-9-22(31)3-4-23(17)25-15-40(27(43)19-5-7-39(14-19)26(42)16-41)8-6-24(25)28(44)38(2)13-18-10-20(29(32,33)34)12-21(11-18)30(35,36)37/h3-4,9-12,19,24-25,41H,5-8,13-16H2,1-2H3/t19?,24-,25+/m1/s1. The molecule has 3 atom stereocenters. The number of likely N-dealkylation sites (tertiary alicyclic amines) is 2. The molecule has 44 heavy (non-hydrogen) atoms. The number of piperidine rings is 1. The van der Waals surface area contributed by atoms with Gasteiger partial charge in [-0.3, -0.25) is 14.4 Å². The number of halogens is 7. The summed E-state index contributed by atoms with van der Waals surface area (Å²) in [6, 6.07) is 5.17. The van der Waals surface area contributed by atoms with Gasteiger partial charge in [-0.1, -0.05) is 6.07 Å². The van der Waals surface area contributed by atoms with Crippen LogP contribution in [0.3, 0.4) is 0 Å². The summed E-state index contributed by atoms with van der Waals surface area (Å²) in [6.07, 6.45) is -9.54. The lowest BCUT2D eigenvalue weighted by Crippen LogP contribution is -2.49. The molecule has 2 aliphatic heterocycles. The Morgan fingerprint density at radius 1 is 0.909 bits per heavy atom. The molecule has 0 spiro atoms. The van der Waals surface area contributed by atoms with Crippen LogP contribution in [0.2, 0.25) is 0 Å². The molecule has 0 saturated carbocycles. The third kappa shape index (κ3) is 7.33. The molecule has 2 aromatic carbocycles. The average Bonchev–Trinajstić information content (AvgIpc) is 3.45. The Hall–Kier alpha value is -3.68. The Morgan fingerprint density at radius 3 is 2.09 bits per heavy atom. The van der Waals surface area contributed by atoms with Gasteiger partial charge < -0.3 is 19.8 Å². The fraction of sp³-hybridized carbons (Fsp3) is 0.500. The van der Waals surface area contributed by atoms with E-state index in [2.05, 4.69) is 0 Å². The highest BCUT2D eigenvalue weighted by Gasteiger charge is 2.42. The average molecular weight is 632 g/mol. The number of benzene rings is 2. The summed E-state index contributed by atoms with van der Waals surface area (Å²) in [4.78, 5) is 43.1. The normalized spacial score (nSPS) is 21.0. The van der Waals surface area contributed by atoms with Gasteiger partial charge in [0.05, 0.1) is 17.0 Å². The molecule has 240 valence electrons. The highest BCUT2D eigenvalue weighted by atomic mass is 19.4. The first-order chi connectivity index (χ1) is 20.5. The summed E-state index contributed by atoms with van der Waals surface area (Å²) in [5.74, 6) is -3.76. The van der Waals surface area contributed by atoms with Crippen molar-refractivity contribution in [2.24, 2.45) is 11.8 Å². The minimum absolute atomic E-state index is 0.0225. The van der Waals surface area contributed by atoms with Gasteiger partial charge in [-0.15, -0.1) is 0 Å². The summed E-state index contributed by atoms with van der Waals surface area (Å²) < 4.78 is 94.3. The van der Waals surface area contributed by atoms with E-state index in [4.69, 9.17) is 5.11 Å². The Morgan fingerprint density at radius 2 is 1.52 bits per heavy atom. The van der Waals surface area contributed by atoms with E-state index in [9.17, 15) is 45.1 Å². The van der Waals surface area contributed by atoms with E-state index >= 15 is 0 Å². The van der Waals surface area contributed by atoms with E-state index in [-0.39, 0.29) is 43.6 Å². The molecule has 2 saturated heterocycles. The SMILES string of the molecule is Cc1cc(F)ccc1[C@@H]1CN(C(=O)C2CCN(C(=O)CO)C2)CC[C@H]1C(=O)N(C)Cc1cc(C(F)(F)F)cc(C(F)(F)F)c1. The van der Waals surface area contributed by atoms with Crippen LogP contribution in [0.5, 0.6) is 0 Å².